The molecule has 0 saturated carbocycles. The van der Waals surface area contributed by atoms with Crippen molar-refractivity contribution in [3.05, 3.63) is 69.7 Å². The van der Waals surface area contributed by atoms with Crippen LogP contribution in [0.3, 0.4) is 0 Å². The van der Waals surface area contributed by atoms with Gasteiger partial charge in [-0.25, -0.2) is 4.98 Å². The molecule has 0 saturated heterocycles. The van der Waals surface area contributed by atoms with Crippen molar-refractivity contribution >= 4 is 40.1 Å². The third kappa shape index (κ3) is 3.30. The minimum atomic E-state index is -1.34. The average molecular weight is 329 g/mol. The molecule has 2 N–H and O–H groups in total. The van der Waals surface area contributed by atoms with Crippen LogP contribution in [0.4, 0.5) is 11.4 Å². The third-order valence-corrected chi connectivity index (χ3v) is 3.56. The topological polar surface area (TPSA) is 96.0 Å². The van der Waals surface area contributed by atoms with Gasteiger partial charge in [-0.1, -0.05) is 29.8 Å². The molecule has 3 rings (SSSR count). The predicted octanol–water partition coefficient (Wildman–Crippen LogP) is 2.86. The first-order valence-electron chi connectivity index (χ1n) is 6.68. The van der Waals surface area contributed by atoms with Gasteiger partial charge in [0.15, 0.2) is 0 Å². The fourth-order valence-electron chi connectivity index (χ4n) is 2.09. The van der Waals surface area contributed by atoms with Gasteiger partial charge in [0.05, 0.1) is 5.52 Å². The summed E-state index contributed by atoms with van der Waals surface area (Å²) in [6.45, 7) is 0. The Bertz CT molecular complexity index is 897. The summed E-state index contributed by atoms with van der Waals surface area (Å²) in [6.07, 6.45) is 1.43. The molecule has 0 bridgehead atoms. The highest BCUT2D eigenvalue weighted by atomic mass is 35.5. The van der Waals surface area contributed by atoms with E-state index in [1.807, 2.05) is 30.3 Å². The van der Waals surface area contributed by atoms with Crippen molar-refractivity contribution in [2.45, 2.75) is 0 Å². The number of aromatic hydroxyl groups is 1. The van der Waals surface area contributed by atoms with E-state index in [0.29, 0.717) is 5.56 Å². The molecule has 0 aliphatic carbocycles. The fraction of sp³-hybridized carbons (Fsp3) is 0. The summed E-state index contributed by atoms with van der Waals surface area (Å²) in [7, 11) is 0. The number of aromatic nitrogens is 1. The average Bonchev–Trinajstić information content (AvgIpc) is 2.54. The Kier molecular flexibility index (Phi) is 4.22. The minimum absolute atomic E-state index is 0.0716. The van der Waals surface area contributed by atoms with Crippen LogP contribution in [0.1, 0.15) is 5.56 Å². The monoisotopic (exact) mass is 328 g/mol. The van der Waals surface area contributed by atoms with Gasteiger partial charge < -0.3 is 20.7 Å². The van der Waals surface area contributed by atoms with Gasteiger partial charge in [-0.3, -0.25) is 4.99 Å². The number of phenols is 1. The lowest BCUT2D eigenvalue weighted by Gasteiger charge is -2.24. The molecular weight excluding hydrogens is 318 g/mol. The van der Waals surface area contributed by atoms with Crippen LogP contribution in [-0.2, 0) is 0 Å². The Labute approximate surface area is 136 Å². The standard InChI is InChI=1S/C16H11ClN3O3/c17-16-11(7-10-3-1-2-4-13(10)19-16)9-18-14-8-12(20(22)23)5-6-15(14)21/h1-9,20-21H/q-1. The van der Waals surface area contributed by atoms with Crippen molar-refractivity contribution in [3.63, 3.8) is 0 Å². The maximum atomic E-state index is 10.9. The minimum Gasteiger partial charge on any atom is -0.628 e. The molecule has 116 valence electrons. The quantitative estimate of drug-likeness (QED) is 0.334. The van der Waals surface area contributed by atoms with Crippen molar-refractivity contribution in [3.8, 4) is 5.75 Å². The van der Waals surface area contributed by atoms with E-state index in [9.17, 15) is 15.5 Å². The zero-order valence-electron chi connectivity index (χ0n) is 11.7. The number of rotatable bonds is 3. The lowest BCUT2D eigenvalue weighted by atomic mass is 10.2. The van der Waals surface area contributed by atoms with Gasteiger partial charge in [-0.2, -0.15) is 0 Å². The molecule has 0 spiro atoms. The van der Waals surface area contributed by atoms with E-state index < -0.39 is 5.23 Å². The number of quaternary nitrogens is 1. The Morgan fingerprint density at radius 2 is 1.91 bits per heavy atom. The smallest absolute Gasteiger partial charge is 0.141 e. The maximum Gasteiger partial charge on any atom is 0.141 e. The molecule has 0 aliphatic rings. The molecule has 1 heterocycles. The van der Waals surface area contributed by atoms with Crippen LogP contribution in [0.5, 0.6) is 5.75 Å². The highest BCUT2D eigenvalue weighted by Gasteiger charge is 2.05. The van der Waals surface area contributed by atoms with E-state index in [-0.39, 0.29) is 22.3 Å². The summed E-state index contributed by atoms with van der Waals surface area (Å²) in [6, 6.07) is 13.0. The molecule has 3 aromatic rings. The van der Waals surface area contributed by atoms with Gasteiger partial charge in [-0.15, -0.1) is 0 Å². The lowest BCUT2D eigenvalue weighted by Crippen LogP contribution is -2.96. The van der Waals surface area contributed by atoms with Crippen molar-refractivity contribution in [2.24, 2.45) is 4.99 Å². The zero-order valence-corrected chi connectivity index (χ0v) is 12.5. The van der Waals surface area contributed by atoms with Gasteiger partial charge in [0, 0.05) is 29.3 Å². The van der Waals surface area contributed by atoms with Crippen LogP contribution in [0.2, 0.25) is 5.15 Å². The normalized spacial score (nSPS) is 11.7. The van der Waals surface area contributed by atoms with Crippen LogP contribution in [0.15, 0.2) is 53.5 Å². The molecule has 0 fully saturated rings. The summed E-state index contributed by atoms with van der Waals surface area (Å²) in [4.78, 5) is 8.36. The number of hydrogen-bond donors (Lipinski definition) is 2. The number of nitrogens with zero attached hydrogens (tertiary/aromatic N) is 2. The zero-order chi connectivity index (χ0) is 16.4. The molecule has 0 radical (unpaired) electrons. The number of aliphatic imine (C=N–C) groups is 1. The Hall–Kier alpha value is -2.51. The molecule has 0 aliphatic heterocycles. The first-order chi connectivity index (χ1) is 11.0. The van der Waals surface area contributed by atoms with Crippen molar-refractivity contribution in [1.82, 2.24) is 4.98 Å². The maximum absolute atomic E-state index is 10.9. The van der Waals surface area contributed by atoms with Crippen LogP contribution < -0.4 is 5.23 Å². The molecule has 0 amide bonds. The van der Waals surface area contributed by atoms with E-state index in [1.54, 1.807) is 0 Å². The third-order valence-electron chi connectivity index (χ3n) is 3.26. The SMILES string of the molecule is [O-][NH+]([O-])c1ccc(O)c(N=Cc2cc3ccccc3nc2Cl)c1. The van der Waals surface area contributed by atoms with Gasteiger partial charge in [0.1, 0.15) is 22.3 Å². The number of para-hydroxylation sites is 1. The molecule has 23 heavy (non-hydrogen) atoms. The van der Waals surface area contributed by atoms with Gasteiger partial charge in [0.25, 0.3) is 0 Å². The van der Waals surface area contributed by atoms with Crippen molar-refractivity contribution in [1.29, 1.82) is 0 Å². The number of benzene rings is 2. The largest absolute Gasteiger partial charge is 0.628 e. The van der Waals surface area contributed by atoms with E-state index in [2.05, 4.69) is 9.98 Å². The second kappa shape index (κ2) is 6.31. The van der Waals surface area contributed by atoms with Crippen LogP contribution in [0, 0.1) is 10.4 Å². The van der Waals surface area contributed by atoms with Gasteiger partial charge >= 0.3 is 0 Å². The summed E-state index contributed by atoms with van der Waals surface area (Å²) in [5, 5.41) is 31.3. The van der Waals surface area contributed by atoms with Crippen LogP contribution in [0.25, 0.3) is 10.9 Å². The number of hydrogen-bond acceptors (Lipinski definition) is 5. The summed E-state index contributed by atoms with van der Waals surface area (Å²) < 4.78 is 0. The second-order valence-electron chi connectivity index (χ2n) is 4.81. The van der Waals surface area contributed by atoms with Crippen LogP contribution >= 0.6 is 11.6 Å². The first kappa shape index (κ1) is 15.4. The highest BCUT2D eigenvalue weighted by molar-refractivity contribution is 6.32. The molecule has 6 nitrogen and oxygen atoms in total. The predicted molar refractivity (Wildman–Crippen MR) is 89.5 cm³/mol. The molecule has 2 aromatic carbocycles. The Morgan fingerprint density at radius 1 is 1.13 bits per heavy atom. The fourth-order valence-corrected chi connectivity index (χ4v) is 2.29. The van der Waals surface area contributed by atoms with Gasteiger partial charge in [-0.05, 0) is 18.2 Å². The Balaban J connectivity index is 2.00. The molecule has 0 atom stereocenters. The van der Waals surface area contributed by atoms with E-state index >= 15 is 0 Å². The van der Waals surface area contributed by atoms with Gasteiger partial charge in [0.2, 0.25) is 0 Å². The number of halogens is 1. The summed E-state index contributed by atoms with van der Waals surface area (Å²) in [5.74, 6) is -0.142. The second-order valence-corrected chi connectivity index (χ2v) is 5.17. The number of nitrogens with one attached hydrogen (secondary N) is 1. The molecule has 7 heteroatoms. The Morgan fingerprint density at radius 3 is 2.70 bits per heavy atom. The van der Waals surface area contributed by atoms with E-state index in [1.165, 1.54) is 24.4 Å². The number of fused-ring (bicyclic) bond motifs is 1. The summed E-state index contributed by atoms with van der Waals surface area (Å²) in [5.41, 5.74) is 1.36. The molecular formula is C16H11ClN3O3-. The lowest BCUT2D eigenvalue weighted by molar-refractivity contribution is -0.715. The van der Waals surface area contributed by atoms with Crippen LogP contribution in [-0.4, -0.2) is 16.3 Å². The van der Waals surface area contributed by atoms with Crippen molar-refractivity contribution < 1.29 is 10.3 Å². The number of phenolic OH excluding ortho intramolecular Hbond substituents is 1. The summed E-state index contributed by atoms with van der Waals surface area (Å²) >= 11 is 6.12. The molecule has 0 unspecified atom stereocenters. The molecule has 1 aromatic heterocycles. The van der Waals surface area contributed by atoms with E-state index in [4.69, 9.17) is 11.6 Å². The first-order valence-corrected chi connectivity index (χ1v) is 7.06. The number of pyridine rings is 1. The highest BCUT2D eigenvalue weighted by Crippen LogP contribution is 2.28. The van der Waals surface area contributed by atoms with Crippen molar-refractivity contribution in [2.75, 3.05) is 0 Å². The van der Waals surface area contributed by atoms with E-state index in [0.717, 1.165) is 10.9 Å².